The van der Waals surface area contributed by atoms with E-state index in [-0.39, 0.29) is 10.7 Å². The molecule has 1 atom stereocenters. The predicted molar refractivity (Wildman–Crippen MR) is 47.9 cm³/mol. The number of nitrogens with one attached hydrogen (secondary N) is 1. The fourth-order valence-corrected chi connectivity index (χ4v) is 0.734. The van der Waals surface area contributed by atoms with E-state index < -0.39 is 0 Å². The Labute approximate surface area is 75.6 Å². The van der Waals surface area contributed by atoms with Crippen molar-refractivity contribution in [2.24, 2.45) is 0 Å². The average molecular weight is 224 g/mol. The lowest BCUT2D eigenvalue weighted by molar-refractivity contribution is -0.120. The number of hydrogen-bond acceptors (Lipinski definition) is 2. The van der Waals surface area contributed by atoms with Gasteiger partial charge in [0.2, 0.25) is 5.91 Å². The maximum absolute atomic E-state index is 11.0. The zero-order chi connectivity index (χ0) is 8.69. The minimum absolute atomic E-state index is 0.0320. The van der Waals surface area contributed by atoms with E-state index in [0.29, 0.717) is 13.2 Å². The molecule has 1 N–H and O–H groups in total. The van der Waals surface area contributed by atoms with Crippen LogP contribution in [0, 0.1) is 0 Å². The van der Waals surface area contributed by atoms with Crippen LogP contribution < -0.4 is 5.32 Å². The van der Waals surface area contributed by atoms with Crippen molar-refractivity contribution >= 4 is 21.8 Å². The second kappa shape index (κ2) is 6.61. The summed E-state index contributed by atoms with van der Waals surface area (Å²) in [5.74, 6) is 0.0320. The Morgan fingerprint density at radius 1 is 1.73 bits per heavy atom. The molecule has 1 unspecified atom stereocenters. The Bertz CT molecular complexity index is 119. The molecule has 4 heteroatoms. The lowest BCUT2D eigenvalue weighted by Crippen LogP contribution is -2.33. The summed E-state index contributed by atoms with van der Waals surface area (Å²) in [5.41, 5.74) is 0. The van der Waals surface area contributed by atoms with Crippen molar-refractivity contribution < 1.29 is 9.53 Å². The van der Waals surface area contributed by atoms with Crippen molar-refractivity contribution in [2.45, 2.75) is 18.2 Å². The molecule has 0 rings (SSSR count). The average Bonchev–Trinajstić information content (AvgIpc) is 2.03. The Kier molecular flexibility index (Phi) is 6.56. The van der Waals surface area contributed by atoms with Gasteiger partial charge in [0.05, 0.1) is 11.4 Å². The third kappa shape index (κ3) is 5.21. The van der Waals surface area contributed by atoms with Gasteiger partial charge >= 0.3 is 0 Å². The van der Waals surface area contributed by atoms with Gasteiger partial charge in [-0.2, -0.15) is 0 Å². The SMILES string of the molecule is CCC(Br)C(=O)NCCOC. The molecule has 0 aromatic rings. The van der Waals surface area contributed by atoms with Gasteiger partial charge in [-0.05, 0) is 6.42 Å². The molecule has 0 fully saturated rings. The topological polar surface area (TPSA) is 38.3 Å². The quantitative estimate of drug-likeness (QED) is 0.557. The first-order chi connectivity index (χ1) is 5.22. The monoisotopic (exact) mass is 223 g/mol. The summed E-state index contributed by atoms with van der Waals surface area (Å²) in [6.07, 6.45) is 0.804. The number of amides is 1. The summed E-state index contributed by atoms with van der Waals surface area (Å²) in [6.45, 7) is 3.10. The highest BCUT2D eigenvalue weighted by atomic mass is 79.9. The Hall–Kier alpha value is -0.0900. The van der Waals surface area contributed by atoms with Crippen LogP contribution in [0.5, 0.6) is 0 Å². The van der Waals surface area contributed by atoms with Crippen LogP contribution in [0.1, 0.15) is 13.3 Å². The molecule has 0 radical (unpaired) electrons. The summed E-state index contributed by atoms with van der Waals surface area (Å²) in [5, 5.41) is 2.72. The van der Waals surface area contributed by atoms with E-state index in [1.165, 1.54) is 0 Å². The largest absolute Gasteiger partial charge is 0.383 e. The number of methoxy groups -OCH3 is 1. The fraction of sp³-hybridized carbons (Fsp3) is 0.857. The summed E-state index contributed by atoms with van der Waals surface area (Å²) < 4.78 is 4.78. The predicted octanol–water partition coefficient (Wildman–Crippen LogP) is 0.923. The zero-order valence-corrected chi connectivity index (χ0v) is 8.48. The van der Waals surface area contributed by atoms with Gasteiger partial charge in [-0.1, -0.05) is 22.9 Å². The highest BCUT2D eigenvalue weighted by molar-refractivity contribution is 9.10. The second-order valence-corrected chi connectivity index (χ2v) is 3.26. The fourth-order valence-electron chi connectivity index (χ4n) is 0.572. The smallest absolute Gasteiger partial charge is 0.233 e. The van der Waals surface area contributed by atoms with E-state index in [2.05, 4.69) is 21.2 Å². The third-order valence-corrected chi connectivity index (χ3v) is 2.31. The number of alkyl halides is 1. The van der Waals surface area contributed by atoms with Crippen molar-refractivity contribution in [3.8, 4) is 0 Å². The van der Waals surface area contributed by atoms with Gasteiger partial charge in [0.25, 0.3) is 0 Å². The molecule has 0 saturated carbocycles. The number of halogens is 1. The van der Waals surface area contributed by atoms with Crippen LogP contribution in [0.25, 0.3) is 0 Å². The van der Waals surface area contributed by atoms with Gasteiger partial charge in [0.1, 0.15) is 0 Å². The standard InChI is InChI=1S/C7H14BrNO2/c1-3-6(8)7(10)9-4-5-11-2/h6H,3-5H2,1-2H3,(H,9,10). The van der Waals surface area contributed by atoms with E-state index in [4.69, 9.17) is 4.74 Å². The van der Waals surface area contributed by atoms with E-state index in [1.54, 1.807) is 7.11 Å². The van der Waals surface area contributed by atoms with Gasteiger partial charge in [-0.25, -0.2) is 0 Å². The van der Waals surface area contributed by atoms with Crippen LogP contribution in [0.2, 0.25) is 0 Å². The lowest BCUT2D eigenvalue weighted by Gasteiger charge is -2.07. The van der Waals surface area contributed by atoms with Crippen LogP contribution in [0.15, 0.2) is 0 Å². The number of hydrogen-bond donors (Lipinski definition) is 1. The highest BCUT2D eigenvalue weighted by Gasteiger charge is 2.10. The molecular formula is C7H14BrNO2. The molecule has 1 amide bonds. The minimum Gasteiger partial charge on any atom is -0.383 e. The maximum atomic E-state index is 11.0. The molecule has 0 bridgehead atoms. The molecule has 0 aliphatic carbocycles. The maximum Gasteiger partial charge on any atom is 0.233 e. The first-order valence-corrected chi connectivity index (χ1v) is 4.54. The van der Waals surface area contributed by atoms with Crippen molar-refractivity contribution in [3.63, 3.8) is 0 Å². The van der Waals surface area contributed by atoms with Crippen LogP contribution in [-0.2, 0) is 9.53 Å². The molecule has 0 saturated heterocycles. The van der Waals surface area contributed by atoms with E-state index in [0.717, 1.165) is 6.42 Å². The van der Waals surface area contributed by atoms with Crippen LogP contribution >= 0.6 is 15.9 Å². The summed E-state index contributed by atoms with van der Waals surface area (Å²) in [7, 11) is 1.61. The van der Waals surface area contributed by atoms with Gasteiger partial charge < -0.3 is 10.1 Å². The normalized spacial score (nSPS) is 12.6. The molecule has 0 aliphatic heterocycles. The molecule has 0 spiro atoms. The lowest BCUT2D eigenvalue weighted by atomic mass is 10.3. The summed E-state index contributed by atoms with van der Waals surface area (Å²) in [4.78, 5) is 11.0. The molecular weight excluding hydrogens is 210 g/mol. The van der Waals surface area contributed by atoms with Crippen LogP contribution in [0.4, 0.5) is 0 Å². The summed E-state index contributed by atoms with van der Waals surface area (Å²) in [6, 6.07) is 0. The van der Waals surface area contributed by atoms with Crippen molar-refractivity contribution in [1.29, 1.82) is 0 Å². The first-order valence-electron chi connectivity index (χ1n) is 3.63. The van der Waals surface area contributed by atoms with Gasteiger partial charge in [0.15, 0.2) is 0 Å². The summed E-state index contributed by atoms with van der Waals surface area (Å²) >= 11 is 3.24. The number of carbonyl (C=O) groups excluding carboxylic acids is 1. The zero-order valence-electron chi connectivity index (χ0n) is 6.89. The Morgan fingerprint density at radius 3 is 2.82 bits per heavy atom. The van der Waals surface area contributed by atoms with Gasteiger partial charge in [0, 0.05) is 13.7 Å². The van der Waals surface area contributed by atoms with Crippen molar-refractivity contribution in [3.05, 3.63) is 0 Å². The van der Waals surface area contributed by atoms with E-state index >= 15 is 0 Å². The minimum atomic E-state index is -0.0700. The molecule has 0 aromatic heterocycles. The Morgan fingerprint density at radius 2 is 2.36 bits per heavy atom. The van der Waals surface area contributed by atoms with E-state index in [9.17, 15) is 4.79 Å². The molecule has 0 aromatic carbocycles. The number of rotatable bonds is 5. The number of ether oxygens (including phenoxy) is 1. The molecule has 0 heterocycles. The van der Waals surface area contributed by atoms with E-state index in [1.807, 2.05) is 6.92 Å². The van der Waals surface area contributed by atoms with Crippen molar-refractivity contribution in [2.75, 3.05) is 20.3 Å². The van der Waals surface area contributed by atoms with Crippen LogP contribution in [-0.4, -0.2) is 31.0 Å². The second-order valence-electron chi connectivity index (χ2n) is 2.16. The van der Waals surface area contributed by atoms with Crippen molar-refractivity contribution in [1.82, 2.24) is 5.32 Å². The molecule has 11 heavy (non-hydrogen) atoms. The molecule has 66 valence electrons. The highest BCUT2D eigenvalue weighted by Crippen LogP contribution is 2.02. The molecule has 0 aliphatic rings. The van der Waals surface area contributed by atoms with Crippen LogP contribution in [0.3, 0.4) is 0 Å². The third-order valence-electron chi connectivity index (χ3n) is 1.25. The number of carbonyl (C=O) groups is 1. The first kappa shape index (κ1) is 10.9. The molecule has 3 nitrogen and oxygen atoms in total. The van der Waals surface area contributed by atoms with Gasteiger partial charge in [-0.15, -0.1) is 0 Å². The van der Waals surface area contributed by atoms with Gasteiger partial charge in [-0.3, -0.25) is 4.79 Å². The Balaban J connectivity index is 3.36.